The Hall–Kier alpha value is -0.0400. The van der Waals surface area contributed by atoms with Gasteiger partial charge in [0.25, 0.3) is 0 Å². The second-order valence-electron chi connectivity index (χ2n) is 5.04. The third-order valence-electron chi connectivity index (χ3n) is 3.39. The fourth-order valence-corrected chi connectivity index (χ4v) is 2.11. The minimum Gasteiger partial charge on any atom is -0.296 e. The van der Waals surface area contributed by atoms with Crippen LogP contribution in [0.5, 0.6) is 0 Å². The topological polar surface area (TPSA) is 3.24 Å². The van der Waals surface area contributed by atoms with Gasteiger partial charge in [0.05, 0.1) is 0 Å². The standard InChI is InChI=1S/C10H21N.2C2H6/c1-9(2)7-6-8-10(3,4)11(9)5;2*1-2/h6-8H2,1-5H3;2*1-2H3. The van der Waals surface area contributed by atoms with E-state index in [2.05, 4.69) is 39.6 Å². The molecule has 0 aromatic rings. The van der Waals surface area contributed by atoms with E-state index in [9.17, 15) is 0 Å². The maximum absolute atomic E-state index is 2.52. The lowest BCUT2D eigenvalue weighted by molar-refractivity contribution is -0.00199. The normalized spacial score (nSPS) is 23.0. The zero-order valence-corrected chi connectivity index (χ0v) is 12.6. The molecule has 1 nitrogen and oxygen atoms in total. The molecule has 0 aromatic carbocycles. The summed E-state index contributed by atoms with van der Waals surface area (Å²) in [6.45, 7) is 17.4. The number of hydrogen-bond donors (Lipinski definition) is 0. The molecule has 1 aliphatic heterocycles. The van der Waals surface area contributed by atoms with Gasteiger partial charge in [0, 0.05) is 11.1 Å². The van der Waals surface area contributed by atoms with E-state index in [0.717, 1.165) is 0 Å². The van der Waals surface area contributed by atoms with Crippen molar-refractivity contribution in [2.45, 2.75) is 85.7 Å². The SMILES string of the molecule is CC.CC.CN1C(C)(C)CCCC1(C)C. The summed E-state index contributed by atoms with van der Waals surface area (Å²) in [5.41, 5.74) is 0.809. The molecular formula is C14H33N. The molecule has 0 aromatic heterocycles. The van der Waals surface area contributed by atoms with Crippen molar-refractivity contribution in [2.75, 3.05) is 7.05 Å². The van der Waals surface area contributed by atoms with Crippen molar-refractivity contribution in [1.29, 1.82) is 0 Å². The van der Waals surface area contributed by atoms with Crippen LogP contribution in [0, 0.1) is 0 Å². The fourth-order valence-electron chi connectivity index (χ4n) is 2.11. The van der Waals surface area contributed by atoms with Crippen LogP contribution in [0.4, 0.5) is 0 Å². The number of piperidine rings is 1. The Labute approximate surface area is 98.2 Å². The summed E-state index contributed by atoms with van der Waals surface area (Å²) in [5.74, 6) is 0. The second-order valence-corrected chi connectivity index (χ2v) is 5.04. The Morgan fingerprint density at radius 3 is 1.20 bits per heavy atom. The smallest absolute Gasteiger partial charge is 0.0155 e. The monoisotopic (exact) mass is 215 g/mol. The van der Waals surface area contributed by atoms with Crippen LogP contribution in [-0.2, 0) is 0 Å². The van der Waals surface area contributed by atoms with E-state index in [1.807, 2.05) is 27.7 Å². The quantitative estimate of drug-likeness (QED) is 0.565. The van der Waals surface area contributed by atoms with Gasteiger partial charge < -0.3 is 0 Å². The summed E-state index contributed by atoms with van der Waals surface area (Å²) < 4.78 is 0. The highest BCUT2D eigenvalue weighted by Gasteiger charge is 2.37. The van der Waals surface area contributed by atoms with Crippen LogP contribution in [0.2, 0.25) is 0 Å². The maximum Gasteiger partial charge on any atom is 0.0155 e. The molecule has 1 heterocycles. The van der Waals surface area contributed by atoms with Gasteiger partial charge >= 0.3 is 0 Å². The molecule has 1 heteroatoms. The van der Waals surface area contributed by atoms with Crippen LogP contribution < -0.4 is 0 Å². The van der Waals surface area contributed by atoms with Gasteiger partial charge in [-0.2, -0.15) is 0 Å². The van der Waals surface area contributed by atoms with Gasteiger partial charge in [0.1, 0.15) is 0 Å². The average molecular weight is 215 g/mol. The highest BCUT2D eigenvalue weighted by molar-refractivity contribution is 4.94. The molecule has 15 heavy (non-hydrogen) atoms. The molecule has 1 aliphatic rings. The Kier molecular flexibility index (Phi) is 8.41. The zero-order valence-electron chi connectivity index (χ0n) is 12.6. The Balaban J connectivity index is 0. The lowest BCUT2D eigenvalue weighted by Crippen LogP contribution is -2.56. The first kappa shape index (κ1) is 17.4. The molecule has 0 saturated carbocycles. The van der Waals surface area contributed by atoms with E-state index < -0.39 is 0 Å². The highest BCUT2D eigenvalue weighted by Crippen LogP contribution is 2.36. The summed E-state index contributed by atoms with van der Waals surface area (Å²) in [5, 5.41) is 0. The van der Waals surface area contributed by atoms with Gasteiger partial charge in [-0.05, 0) is 54.0 Å². The first-order chi connectivity index (χ1) is 6.86. The van der Waals surface area contributed by atoms with Gasteiger partial charge in [-0.3, -0.25) is 4.90 Å². The fraction of sp³-hybridized carbons (Fsp3) is 1.00. The largest absolute Gasteiger partial charge is 0.296 e. The summed E-state index contributed by atoms with van der Waals surface area (Å²) >= 11 is 0. The first-order valence-corrected chi connectivity index (χ1v) is 6.60. The second kappa shape index (κ2) is 7.27. The van der Waals surface area contributed by atoms with Crippen LogP contribution in [0.25, 0.3) is 0 Å². The summed E-state index contributed by atoms with van der Waals surface area (Å²) in [6, 6.07) is 0. The summed E-state index contributed by atoms with van der Waals surface area (Å²) in [6.07, 6.45) is 4.06. The van der Waals surface area contributed by atoms with Crippen LogP contribution in [0.3, 0.4) is 0 Å². The predicted molar refractivity (Wildman–Crippen MR) is 72.5 cm³/mol. The van der Waals surface area contributed by atoms with Gasteiger partial charge in [-0.25, -0.2) is 0 Å². The van der Waals surface area contributed by atoms with Crippen LogP contribution in [0.1, 0.15) is 74.7 Å². The van der Waals surface area contributed by atoms with E-state index in [0.29, 0.717) is 11.1 Å². The predicted octanol–water partition coefficient (Wildman–Crippen LogP) is 4.71. The Morgan fingerprint density at radius 2 is 1.00 bits per heavy atom. The van der Waals surface area contributed by atoms with Gasteiger partial charge in [0.2, 0.25) is 0 Å². The zero-order chi connectivity index (χ0) is 12.7. The number of nitrogens with zero attached hydrogens (tertiary/aromatic N) is 1. The molecule has 0 atom stereocenters. The van der Waals surface area contributed by atoms with Crippen molar-refractivity contribution in [2.24, 2.45) is 0 Å². The van der Waals surface area contributed by atoms with Crippen LogP contribution >= 0.6 is 0 Å². The average Bonchev–Trinajstić information content (AvgIpc) is 2.20. The van der Waals surface area contributed by atoms with E-state index in [-0.39, 0.29) is 0 Å². The minimum absolute atomic E-state index is 0.405. The number of likely N-dealkylation sites (tertiary alicyclic amines) is 1. The van der Waals surface area contributed by atoms with Crippen molar-refractivity contribution < 1.29 is 0 Å². The molecule has 1 saturated heterocycles. The summed E-state index contributed by atoms with van der Waals surface area (Å²) in [4.78, 5) is 2.52. The first-order valence-electron chi connectivity index (χ1n) is 6.60. The molecule has 0 bridgehead atoms. The molecule has 0 spiro atoms. The number of rotatable bonds is 0. The van der Waals surface area contributed by atoms with Crippen LogP contribution in [-0.4, -0.2) is 23.0 Å². The molecule has 0 aliphatic carbocycles. The van der Waals surface area contributed by atoms with Crippen molar-refractivity contribution in [3.63, 3.8) is 0 Å². The molecular weight excluding hydrogens is 182 g/mol. The van der Waals surface area contributed by atoms with E-state index >= 15 is 0 Å². The van der Waals surface area contributed by atoms with E-state index in [1.165, 1.54) is 19.3 Å². The van der Waals surface area contributed by atoms with Gasteiger partial charge in [-0.15, -0.1) is 0 Å². The molecule has 0 radical (unpaired) electrons. The summed E-state index contributed by atoms with van der Waals surface area (Å²) in [7, 11) is 2.25. The molecule has 0 unspecified atom stereocenters. The van der Waals surface area contributed by atoms with Crippen molar-refractivity contribution >= 4 is 0 Å². The molecule has 94 valence electrons. The minimum atomic E-state index is 0.405. The van der Waals surface area contributed by atoms with Crippen molar-refractivity contribution in [1.82, 2.24) is 4.90 Å². The molecule has 0 N–H and O–H groups in total. The lowest BCUT2D eigenvalue weighted by Gasteiger charge is -2.50. The maximum atomic E-state index is 2.52. The van der Waals surface area contributed by atoms with E-state index in [1.54, 1.807) is 0 Å². The number of hydrogen-bond acceptors (Lipinski definition) is 1. The van der Waals surface area contributed by atoms with Crippen molar-refractivity contribution in [3.8, 4) is 0 Å². The van der Waals surface area contributed by atoms with Gasteiger partial charge in [0.15, 0.2) is 0 Å². The van der Waals surface area contributed by atoms with Crippen LogP contribution in [0.15, 0.2) is 0 Å². The molecule has 1 fully saturated rings. The van der Waals surface area contributed by atoms with E-state index in [4.69, 9.17) is 0 Å². The lowest BCUT2D eigenvalue weighted by atomic mass is 9.80. The molecule has 1 rings (SSSR count). The highest BCUT2D eigenvalue weighted by atomic mass is 15.2. The Bertz CT molecular complexity index is 131. The van der Waals surface area contributed by atoms with Crippen molar-refractivity contribution in [3.05, 3.63) is 0 Å². The third-order valence-corrected chi connectivity index (χ3v) is 3.39. The van der Waals surface area contributed by atoms with Gasteiger partial charge in [-0.1, -0.05) is 27.7 Å². The Morgan fingerprint density at radius 1 is 0.733 bits per heavy atom. The molecule has 0 amide bonds. The third kappa shape index (κ3) is 5.01.